The smallest absolute Gasteiger partial charge is 0.144 e. The first-order valence-corrected chi connectivity index (χ1v) is 7.15. The van der Waals surface area contributed by atoms with E-state index in [0.717, 1.165) is 31.4 Å². The van der Waals surface area contributed by atoms with Crippen LogP contribution < -0.4 is 5.32 Å². The Bertz CT molecular complexity index is 287. The van der Waals surface area contributed by atoms with Gasteiger partial charge in [0.15, 0.2) is 0 Å². The Kier molecular flexibility index (Phi) is 6.75. The molecule has 0 bridgehead atoms. The average Bonchev–Trinajstić information content (AvgIpc) is 2.36. The van der Waals surface area contributed by atoms with Crippen LogP contribution in [0.1, 0.15) is 46.5 Å². The first kappa shape index (κ1) is 16.4. The normalized spacial score (nSPS) is 24.5. The molecule has 3 N–H and O–H groups in total. The van der Waals surface area contributed by atoms with Crippen LogP contribution in [-0.4, -0.2) is 47.3 Å². The first-order valence-electron chi connectivity index (χ1n) is 7.15. The van der Waals surface area contributed by atoms with Crippen LogP contribution in [0.2, 0.25) is 0 Å². The molecule has 0 heterocycles. The van der Waals surface area contributed by atoms with Crippen molar-refractivity contribution in [1.82, 2.24) is 5.32 Å². The van der Waals surface area contributed by atoms with Gasteiger partial charge in [-0.05, 0) is 40.0 Å². The second-order valence-corrected chi connectivity index (χ2v) is 6.29. The maximum absolute atomic E-state index is 9.76. The minimum Gasteiger partial charge on any atom is -0.396 e. The summed E-state index contributed by atoms with van der Waals surface area (Å²) in [6.45, 7) is 6.96. The van der Waals surface area contributed by atoms with Crippen molar-refractivity contribution in [3.8, 4) is 0 Å². The highest BCUT2D eigenvalue weighted by Gasteiger charge is 2.20. The van der Waals surface area contributed by atoms with Crippen LogP contribution in [0.15, 0.2) is 5.16 Å². The molecular formula is C14H28N2O3. The Labute approximate surface area is 116 Å². The number of hydrogen-bond donors (Lipinski definition) is 3. The van der Waals surface area contributed by atoms with Gasteiger partial charge in [0.25, 0.3) is 0 Å². The Morgan fingerprint density at radius 2 is 2.16 bits per heavy atom. The zero-order chi connectivity index (χ0) is 14.3. The summed E-state index contributed by atoms with van der Waals surface area (Å²) in [6, 6.07) is 0. The van der Waals surface area contributed by atoms with Crippen molar-refractivity contribution in [2.24, 2.45) is 11.1 Å². The molecule has 0 aromatic heterocycles. The van der Waals surface area contributed by atoms with E-state index >= 15 is 0 Å². The number of hydrogen-bond acceptors (Lipinski definition) is 5. The quantitative estimate of drug-likeness (QED) is 0.637. The van der Waals surface area contributed by atoms with Crippen molar-refractivity contribution in [2.45, 2.75) is 58.1 Å². The third-order valence-corrected chi connectivity index (χ3v) is 3.24. The molecule has 1 rings (SSSR count). The fraction of sp³-hybridized carbons (Fsp3) is 0.929. The topological polar surface area (TPSA) is 74.1 Å². The van der Waals surface area contributed by atoms with E-state index < -0.39 is 6.10 Å². The van der Waals surface area contributed by atoms with Gasteiger partial charge in [-0.3, -0.25) is 0 Å². The van der Waals surface area contributed by atoms with E-state index in [1.54, 1.807) is 0 Å². The van der Waals surface area contributed by atoms with Gasteiger partial charge in [0.2, 0.25) is 0 Å². The molecule has 5 heteroatoms. The third kappa shape index (κ3) is 6.89. The summed E-state index contributed by atoms with van der Waals surface area (Å²) in [5, 5.41) is 26.3. The second-order valence-electron chi connectivity index (χ2n) is 6.29. The fourth-order valence-electron chi connectivity index (χ4n) is 2.07. The van der Waals surface area contributed by atoms with Gasteiger partial charge in [0, 0.05) is 18.0 Å². The highest BCUT2D eigenvalue weighted by Crippen LogP contribution is 2.21. The molecule has 0 spiro atoms. The molecule has 0 radical (unpaired) electrons. The summed E-state index contributed by atoms with van der Waals surface area (Å²) in [7, 11) is 0. The lowest BCUT2D eigenvalue weighted by molar-refractivity contribution is 0.0357. The number of β-amino-alcohol motifs (C(OH)–C–C–N with tert-alkyl or cyclic N) is 1. The summed E-state index contributed by atoms with van der Waals surface area (Å²) in [4.78, 5) is 5.22. The first-order chi connectivity index (χ1) is 8.92. The van der Waals surface area contributed by atoms with Crippen LogP contribution in [0.4, 0.5) is 0 Å². The molecule has 2 atom stereocenters. The van der Waals surface area contributed by atoms with Crippen LogP contribution in [0, 0.1) is 5.92 Å². The molecule has 1 aliphatic rings. The van der Waals surface area contributed by atoms with Gasteiger partial charge in [-0.1, -0.05) is 11.6 Å². The van der Waals surface area contributed by atoms with E-state index in [4.69, 9.17) is 4.84 Å². The molecule has 112 valence electrons. The van der Waals surface area contributed by atoms with Crippen LogP contribution in [0.25, 0.3) is 0 Å². The zero-order valence-electron chi connectivity index (χ0n) is 12.4. The molecule has 2 unspecified atom stereocenters. The summed E-state index contributed by atoms with van der Waals surface area (Å²) < 4.78 is 0. The lowest BCUT2D eigenvalue weighted by Crippen LogP contribution is -2.42. The highest BCUT2D eigenvalue weighted by molar-refractivity contribution is 5.87. The maximum atomic E-state index is 9.76. The Hall–Kier alpha value is -0.650. The van der Waals surface area contributed by atoms with Crippen LogP contribution >= 0.6 is 0 Å². The molecule has 0 aromatic carbocycles. The van der Waals surface area contributed by atoms with E-state index in [9.17, 15) is 10.2 Å². The third-order valence-electron chi connectivity index (χ3n) is 3.24. The highest BCUT2D eigenvalue weighted by atomic mass is 16.6. The molecule has 0 aromatic rings. The van der Waals surface area contributed by atoms with E-state index in [2.05, 4.69) is 31.2 Å². The van der Waals surface area contributed by atoms with Gasteiger partial charge in [-0.25, -0.2) is 0 Å². The molecule has 1 fully saturated rings. The van der Waals surface area contributed by atoms with Crippen molar-refractivity contribution in [2.75, 3.05) is 19.8 Å². The van der Waals surface area contributed by atoms with E-state index in [-0.39, 0.29) is 24.7 Å². The Morgan fingerprint density at radius 1 is 1.42 bits per heavy atom. The second kappa shape index (κ2) is 7.82. The van der Waals surface area contributed by atoms with E-state index in [1.165, 1.54) is 0 Å². The fourth-order valence-corrected chi connectivity index (χ4v) is 2.07. The van der Waals surface area contributed by atoms with E-state index in [0.29, 0.717) is 6.54 Å². The maximum Gasteiger partial charge on any atom is 0.144 e. The van der Waals surface area contributed by atoms with Gasteiger partial charge in [-0.2, -0.15) is 0 Å². The lowest BCUT2D eigenvalue weighted by atomic mass is 9.88. The molecule has 5 nitrogen and oxygen atoms in total. The minimum atomic E-state index is -0.570. The van der Waals surface area contributed by atoms with E-state index in [1.807, 2.05) is 0 Å². The van der Waals surface area contributed by atoms with Crippen molar-refractivity contribution in [3.05, 3.63) is 0 Å². The number of aliphatic hydroxyl groups is 2. The van der Waals surface area contributed by atoms with Crippen LogP contribution in [-0.2, 0) is 4.84 Å². The van der Waals surface area contributed by atoms with Gasteiger partial charge in [0.1, 0.15) is 12.7 Å². The molecule has 1 saturated carbocycles. The van der Waals surface area contributed by atoms with Crippen molar-refractivity contribution in [3.63, 3.8) is 0 Å². The van der Waals surface area contributed by atoms with Gasteiger partial charge in [-0.15, -0.1) is 0 Å². The van der Waals surface area contributed by atoms with Crippen molar-refractivity contribution >= 4 is 5.71 Å². The van der Waals surface area contributed by atoms with Crippen LogP contribution in [0.5, 0.6) is 0 Å². The molecule has 0 aliphatic heterocycles. The summed E-state index contributed by atoms with van der Waals surface area (Å²) in [5.74, 6) is 0.138. The van der Waals surface area contributed by atoms with Crippen LogP contribution in [0.3, 0.4) is 0 Å². The number of nitrogens with one attached hydrogen (secondary N) is 1. The molecular weight excluding hydrogens is 244 g/mol. The predicted octanol–water partition coefficient (Wildman–Crippen LogP) is 1.29. The monoisotopic (exact) mass is 272 g/mol. The van der Waals surface area contributed by atoms with Gasteiger partial charge in [0.05, 0.1) is 12.3 Å². The number of aliphatic hydroxyl groups excluding tert-OH is 2. The predicted molar refractivity (Wildman–Crippen MR) is 76.2 cm³/mol. The minimum absolute atomic E-state index is 0.0156. The van der Waals surface area contributed by atoms with Gasteiger partial charge < -0.3 is 20.4 Å². The summed E-state index contributed by atoms with van der Waals surface area (Å²) >= 11 is 0. The Morgan fingerprint density at radius 3 is 2.79 bits per heavy atom. The summed E-state index contributed by atoms with van der Waals surface area (Å²) in [6.07, 6.45) is 3.54. The SMILES string of the molecule is CC(C)(C)NCC(O)CO/N=C1/CCCCC1CO. The van der Waals surface area contributed by atoms with Crippen molar-refractivity contribution < 1.29 is 15.1 Å². The molecule has 0 saturated heterocycles. The van der Waals surface area contributed by atoms with Gasteiger partial charge >= 0.3 is 0 Å². The number of nitrogens with zero attached hydrogens (tertiary/aromatic N) is 1. The zero-order valence-corrected chi connectivity index (χ0v) is 12.4. The van der Waals surface area contributed by atoms with Crippen molar-refractivity contribution in [1.29, 1.82) is 0 Å². The number of rotatable bonds is 6. The molecule has 0 amide bonds. The Balaban J connectivity index is 2.27. The summed E-state index contributed by atoms with van der Waals surface area (Å²) in [5.41, 5.74) is 0.919. The standard InChI is InChI=1S/C14H28N2O3/c1-14(2,3)15-8-12(18)10-19-16-13-7-5-4-6-11(13)9-17/h11-12,15,17-18H,4-10H2,1-3H3/b16-13-. The number of oxime groups is 1. The lowest BCUT2D eigenvalue weighted by Gasteiger charge is -2.23. The molecule has 19 heavy (non-hydrogen) atoms. The average molecular weight is 272 g/mol. The molecule has 1 aliphatic carbocycles. The largest absolute Gasteiger partial charge is 0.396 e.